The summed E-state index contributed by atoms with van der Waals surface area (Å²) in [7, 11) is 1.73. The summed E-state index contributed by atoms with van der Waals surface area (Å²) in [4.78, 5) is 0. The second kappa shape index (κ2) is 2.75. The highest BCUT2D eigenvalue weighted by Crippen LogP contribution is 2.23. The lowest BCUT2D eigenvalue weighted by Gasteiger charge is -1.89. The molecule has 0 aliphatic rings. The van der Waals surface area contributed by atoms with Crippen LogP contribution in [0.25, 0.3) is 10.9 Å². The SMILES string of the molecule is Cn1nc2c(Cl)cccc2c1C#N. The van der Waals surface area contributed by atoms with E-state index in [1.165, 1.54) is 4.68 Å². The fraction of sp³-hybridized carbons (Fsp3) is 0.111. The molecule has 0 amide bonds. The maximum absolute atomic E-state index is 8.84. The summed E-state index contributed by atoms with van der Waals surface area (Å²) < 4.78 is 1.54. The topological polar surface area (TPSA) is 41.6 Å². The van der Waals surface area contributed by atoms with Crippen LogP contribution in [0.3, 0.4) is 0 Å². The number of fused-ring (bicyclic) bond motifs is 1. The Kier molecular flexibility index (Phi) is 1.71. The molecule has 1 heterocycles. The van der Waals surface area contributed by atoms with E-state index in [1.807, 2.05) is 12.1 Å². The van der Waals surface area contributed by atoms with Gasteiger partial charge in [0.1, 0.15) is 17.3 Å². The molecule has 2 rings (SSSR count). The molecular weight excluding hydrogens is 186 g/mol. The minimum Gasteiger partial charge on any atom is -0.257 e. The van der Waals surface area contributed by atoms with Gasteiger partial charge in [-0.3, -0.25) is 4.68 Å². The van der Waals surface area contributed by atoms with Gasteiger partial charge < -0.3 is 0 Å². The lowest BCUT2D eigenvalue weighted by molar-refractivity contribution is 0.767. The number of nitriles is 1. The van der Waals surface area contributed by atoms with Crippen molar-refractivity contribution >= 4 is 22.5 Å². The van der Waals surface area contributed by atoms with Gasteiger partial charge in [-0.15, -0.1) is 0 Å². The molecule has 0 aliphatic carbocycles. The van der Waals surface area contributed by atoms with Crippen molar-refractivity contribution in [2.75, 3.05) is 0 Å². The zero-order valence-corrected chi connectivity index (χ0v) is 7.71. The molecular formula is C9H6ClN3. The molecule has 0 bridgehead atoms. The third-order valence-corrected chi connectivity index (χ3v) is 2.23. The molecule has 4 heteroatoms. The predicted octanol–water partition coefficient (Wildman–Crippen LogP) is 2.10. The molecule has 1 aromatic carbocycles. The van der Waals surface area contributed by atoms with Gasteiger partial charge in [0.05, 0.1) is 5.02 Å². The van der Waals surface area contributed by atoms with Crippen molar-refractivity contribution in [3.8, 4) is 6.07 Å². The first kappa shape index (κ1) is 8.09. The molecule has 0 aliphatic heterocycles. The molecule has 0 atom stereocenters. The molecule has 64 valence electrons. The standard InChI is InChI=1S/C9H6ClN3/c1-13-8(5-11)6-3-2-4-7(10)9(6)12-13/h2-4H,1H3. The van der Waals surface area contributed by atoms with Crippen LogP contribution in [0.4, 0.5) is 0 Å². The number of nitrogens with zero attached hydrogens (tertiary/aromatic N) is 3. The van der Waals surface area contributed by atoms with Gasteiger partial charge in [0.2, 0.25) is 0 Å². The fourth-order valence-electron chi connectivity index (χ4n) is 1.31. The Hall–Kier alpha value is -1.53. The summed E-state index contributed by atoms with van der Waals surface area (Å²) >= 11 is 5.91. The van der Waals surface area contributed by atoms with E-state index in [-0.39, 0.29) is 0 Å². The lowest BCUT2D eigenvalue weighted by Crippen LogP contribution is -1.92. The van der Waals surface area contributed by atoms with Gasteiger partial charge >= 0.3 is 0 Å². The Balaban J connectivity index is 2.96. The van der Waals surface area contributed by atoms with Crippen molar-refractivity contribution < 1.29 is 0 Å². The van der Waals surface area contributed by atoms with Crippen LogP contribution >= 0.6 is 11.6 Å². The zero-order chi connectivity index (χ0) is 9.42. The van der Waals surface area contributed by atoms with E-state index in [4.69, 9.17) is 16.9 Å². The molecule has 0 saturated carbocycles. The van der Waals surface area contributed by atoms with Crippen molar-refractivity contribution in [3.63, 3.8) is 0 Å². The van der Waals surface area contributed by atoms with E-state index in [2.05, 4.69) is 11.2 Å². The van der Waals surface area contributed by atoms with Gasteiger partial charge in [0, 0.05) is 12.4 Å². The summed E-state index contributed by atoms with van der Waals surface area (Å²) in [6.07, 6.45) is 0. The molecule has 0 saturated heterocycles. The molecule has 2 aromatic rings. The average molecular weight is 192 g/mol. The highest BCUT2D eigenvalue weighted by atomic mass is 35.5. The Morgan fingerprint density at radius 1 is 1.54 bits per heavy atom. The predicted molar refractivity (Wildman–Crippen MR) is 50.4 cm³/mol. The van der Waals surface area contributed by atoms with Gasteiger partial charge in [-0.25, -0.2) is 0 Å². The normalized spacial score (nSPS) is 10.2. The van der Waals surface area contributed by atoms with Crippen molar-refractivity contribution in [2.24, 2.45) is 7.05 Å². The van der Waals surface area contributed by atoms with Gasteiger partial charge in [-0.05, 0) is 12.1 Å². The highest BCUT2D eigenvalue weighted by Gasteiger charge is 2.09. The van der Waals surface area contributed by atoms with Crippen LogP contribution in [-0.4, -0.2) is 9.78 Å². The van der Waals surface area contributed by atoms with Gasteiger partial charge in [-0.1, -0.05) is 17.7 Å². The zero-order valence-electron chi connectivity index (χ0n) is 6.95. The van der Waals surface area contributed by atoms with E-state index in [0.717, 1.165) is 5.39 Å². The molecule has 0 spiro atoms. The summed E-state index contributed by atoms with van der Waals surface area (Å²) in [5.41, 5.74) is 1.22. The van der Waals surface area contributed by atoms with E-state index in [9.17, 15) is 0 Å². The van der Waals surface area contributed by atoms with Gasteiger partial charge in [0.25, 0.3) is 0 Å². The minimum atomic E-state index is 0.539. The number of aromatic nitrogens is 2. The van der Waals surface area contributed by atoms with E-state index in [0.29, 0.717) is 16.2 Å². The maximum Gasteiger partial charge on any atom is 0.146 e. The number of halogens is 1. The van der Waals surface area contributed by atoms with E-state index < -0.39 is 0 Å². The van der Waals surface area contributed by atoms with Crippen LogP contribution in [0, 0.1) is 11.3 Å². The summed E-state index contributed by atoms with van der Waals surface area (Å²) in [6.45, 7) is 0. The van der Waals surface area contributed by atoms with Crippen molar-refractivity contribution in [3.05, 3.63) is 28.9 Å². The number of hydrogen-bond donors (Lipinski definition) is 0. The number of benzene rings is 1. The van der Waals surface area contributed by atoms with Crippen molar-refractivity contribution in [1.29, 1.82) is 5.26 Å². The van der Waals surface area contributed by atoms with Gasteiger partial charge in [0.15, 0.2) is 0 Å². The molecule has 3 nitrogen and oxygen atoms in total. The Bertz CT molecular complexity index is 507. The molecule has 0 N–H and O–H groups in total. The van der Waals surface area contributed by atoms with E-state index >= 15 is 0 Å². The van der Waals surface area contributed by atoms with Crippen LogP contribution in [0.15, 0.2) is 18.2 Å². The van der Waals surface area contributed by atoms with Crippen LogP contribution in [-0.2, 0) is 7.05 Å². The Morgan fingerprint density at radius 2 is 2.31 bits per heavy atom. The van der Waals surface area contributed by atoms with Crippen molar-refractivity contribution in [1.82, 2.24) is 9.78 Å². The van der Waals surface area contributed by atoms with Crippen LogP contribution in [0.5, 0.6) is 0 Å². The first-order valence-electron chi connectivity index (χ1n) is 3.75. The second-order valence-electron chi connectivity index (χ2n) is 2.72. The lowest BCUT2D eigenvalue weighted by atomic mass is 10.2. The van der Waals surface area contributed by atoms with Gasteiger partial charge in [-0.2, -0.15) is 10.4 Å². The number of hydrogen-bond acceptors (Lipinski definition) is 2. The summed E-state index contributed by atoms with van der Waals surface area (Å²) in [6, 6.07) is 7.50. The monoisotopic (exact) mass is 191 g/mol. The summed E-state index contributed by atoms with van der Waals surface area (Å²) in [5.74, 6) is 0. The van der Waals surface area contributed by atoms with E-state index in [1.54, 1.807) is 13.1 Å². The van der Waals surface area contributed by atoms with Crippen LogP contribution < -0.4 is 0 Å². The summed E-state index contributed by atoms with van der Waals surface area (Å²) in [5, 5.41) is 14.4. The Labute approximate surface area is 80.1 Å². The van der Waals surface area contributed by atoms with Crippen LogP contribution in [0.1, 0.15) is 5.69 Å². The van der Waals surface area contributed by atoms with Crippen LogP contribution in [0.2, 0.25) is 5.02 Å². The number of rotatable bonds is 0. The molecule has 0 unspecified atom stereocenters. The molecule has 0 radical (unpaired) electrons. The quantitative estimate of drug-likeness (QED) is 0.640. The molecule has 0 fully saturated rings. The average Bonchev–Trinajstić information content (AvgIpc) is 2.43. The van der Waals surface area contributed by atoms with Crippen molar-refractivity contribution in [2.45, 2.75) is 0 Å². The number of aryl methyl sites for hydroxylation is 1. The Morgan fingerprint density at radius 3 is 3.00 bits per heavy atom. The maximum atomic E-state index is 8.84. The third kappa shape index (κ3) is 1.07. The largest absolute Gasteiger partial charge is 0.257 e. The highest BCUT2D eigenvalue weighted by molar-refractivity contribution is 6.35. The smallest absolute Gasteiger partial charge is 0.146 e. The fourth-order valence-corrected chi connectivity index (χ4v) is 1.53. The first-order chi connectivity index (χ1) is 6.24. The third-order valence-electron chi connectivity index (χ3n) is 1.92. The minimum absolute atomic E-state index is 0.539. The second-order valence-corrected chi connectivity index (χ2v) is 3.13. The first-order valence-corrected chi connectivity index (χ1v) is 4.13. The molecule has 1 aromatic heterocycles. The molecule has 13 heavy (non-hydrogen) atoms.